The minimum Gasteiger partial charge on any atom is -0.358 e. The van der Waals surface area contributed by atoms with Gasteiger partial charge in [-0.15, -0.1) is 0 Å². The van der Waals surface area contributed by atoms with E-state index in [-0.39, 0.29) is 11.9 Å². The molecule has 0 saturated heterocycles. The van der Waals surface area contributed by atoms with Gasteiger partial charge in [-0.25, -0.2) is 0 Å². The Morgan fingerprint density at radius 2 is 1.87 bits per heavy atom. The summed E-state index contributed by atoms with van der Waals surface area (Å²) in [5.41, 5.74) is 5.19. The molecule has 0 saturated carbocycles. The summed E-state index contributed by atoms with van der Waals surface area (Å²) in [5, 5.41) is 1.11. The number of hydrogen-bond acceptors (Lipinski definition) is 2. The molecule has 0 radical (unpaired) electrons. The number of nitrogens with one attached hydrogen (secondary N) is 1. The molecule has 118 valence electrons. The highest BCUT2D eigenvalue weighted by molar-refractivity contribution is 5.99. The van der Waals surface area contributed by atoms with Gasteiger partial charge in [-0.3, -0.25) is 9.78 Å². The first-order valence-electron chi connectivity index (χ1n) is 7.75. The van der Waals surface area contributed by atoms with Gasteiger partial charge in [0.05, 0.1) is 6.04 Å². The first-order valence-corrected chi connectivity index (χ1v) is 7.75. The zero-order valence-electron chi connectivity index (χ0n) is 13.9. The average Bonchev–Trinajstić information content (AvgIpc) is 2.87. The standard InChI is InChI=1S/C19H21N3O/c1-12-13(2)21-18-6-5-16(11-17(12)18)19(23)22(4)14(3)15-7-9-20-10-8-15/h5-11,14,21H,1-4H3. The Labute approximate surface area is 136 Å². The van der Waals surface area contributed by atoms with Gasteiger partial charge in [0, 0.05) is 41.6 Å². The molecule has 0 aliphatic heterocycles. The lowest BCUT2D eigenvalue weighted by molar-refractivity contribution is 0.0743. The number of aromatic nitrogens is 2. The maximum absolute atomic E-state index is 12.8. The maximum Gasteiger partial charge on any atom is 0.254 e. The van der Waals surface area contributed by atoms with Crippen molar-refractivity contribution in [2.75, 3.05) is 7.05 Å². The number of benzene rings is 1. The molecule has 1 aromatic carbocycles. The molecule has 4 heteroatoms. The second-order valence-corrected chi connectivity index (χ2v) is 6.01. The molecular formula is C19H21N3O. The van der Waals surface area contributed by atoms with Crippen molar-refractivity contribution in [2.45, 2.75) is 26.8 Å². The number of carbonyl (C=O) groups excluding carboxylic acids is 1. The molecule has 4 nitrogen and oxygen atoms in total. The number of rotatable bonds is 3. The van der Waals surface area contributed by atoms with E-state index in [1.54, 1.807) is 17.3 Å². The molecule has 23 heavy (non-hydrogen) atoms. The number of amides is 1. The molecule has 1 unspecified atom stereocenters. The third-order valence-corrected chi connectivity index (χ3v) is 4.64. The highest BCUT2D eigenvalue weighted by Gasteiger charge is 2.19. The molecule has 0 aliphatic carbocycles. The molecule has 3 aromatic rings. The summed E-state index contributed by atoms with van der Waals surface area (Å²) in [6.07, 6.45) is 3.50. The van der Waals surface area contributed by atoms with E-state index in [0.717, 1.165) is 22.2 Å². The number of fused-ring (bicyclic) bond motifs is 1. The molecule has 2 aromatic heterocycles. The van der Waals surface area contributed by atoms with E-state index < -0.39 is 0 Å². The second-order valence-electron chi connectivity index (χ2n) is 6.01. The van der Waals surface area contributed by atoms with Crippen LogP contribution in [0.1, 0.15) is 40.1 Å². The van der Waals surface area contributed by atoms with Crippen molar-refractivity contribution < 1.29 is 4.79 Å². The van der Waals surface area contributed by atoms with Gasteiger partial charge < -0.3 is 9.88 Å². The van der Waals surface area contributed by atoms with Crippen LogP contribution >= 0.6 is 0 Å². The van der Waals surface area contributed by atoms with Gasteiger partial charge in [-0.1, -0.05) is 0 Å². The summed E-state index contributed by atoms with van der Waals surface area (Å²) in [7, 11) is 1.84. The molecule has 0 fully saturated rings. The van der Waals surface area contributed by atoms with E-state index in [2.05, 4.69) is 23.8 Å². The van der Waals surface area contributed by atoms with Gasteiger partial charge in [0.15, 0.2) is 0 Å². The van der Waals surface area contributed by atoms with Crippen LogP contribution in [0.4, 0.5) is 0 Å². The van der Waals surface area contributed by atoms with E-state index in [1.807, 2.05) is 44.3 Å². The predicted octanol–water partition coefficient (Wildman–Crippen LogP) is 4.01. The first-order chi connectivity index (χ1) is 11.0. The lowest BCUT2D eigenvalue weighted by atomic mass is 10.1. The normalized spacial score (nSPS) is 12.3. The van der Waals surface area contributed by atoms with Crippen LogP contribution in [0.15, 0.2) is 42.7 Å². The van der Waals surface area contributed by atoms with Crippen LogP contribution in [-0.4, -0.2) is 27.8 Å². The smallest absolute Gasteiger partial charge is 0.254 e. The number of aryl methyl sites for hydroxylation is 2. The van der Waals surface area contributed by atoms with E-state index in [0.29, 0.717) is 5.56 Å². The first kappa shape index (κ1) is 15.3. The zero-order chi connectivity index (χ0) is 16.6. The van der Waals surface area contributed by atoms with E-state index >= 15 is 0 Å². The average molecular weight is 307 g/mol. The fourth-order valence-electron chi connectivity index (χ4n) is 2.84. The van der Waals surface area contributed by atoms with Crippen molar-refractivity contribution in [3.63, 3.8) is 0 Å². The third-order valence-electron chi connectivity index (χ3n) is 4.64. The molecule has 3 rings (SSSR count). The molecule has 1 N–H and O–H groups in total. The number of carbonyl (C=O) groups is 1. The number of nitrogens with zero attached hydrogens (tertiary/aromatic N) is 2. The van der Waals surface area contributed by atoms with Crippen molar-refractivity contribution in [1.29, 1.82) is 0 Å². The van der Waals surface area contributed by atoms with Crippen LogP contribution in [-0.2, 0) is 0 Å². The Hall–Kier alpha value is -2.62. The van der Waals surface area contributed by atoms with E-state index in [1.165, 1.54) is 5.56 Å². The van der Waals surface area contributed by atoms with Crippen molar-refractivity contribution in [1.82, 2.24) is 14.9 Å². The monoisotopic (exact) mass is 307 g/mol. The number of hydrogen-bond donors (Lipinski definition) is 1. The topological polar surface area (TPSA) is 49.0 Å². The molecule has 1 atom stereocenters. The lowest BCUT2D eigenvalue weighted by Gasteiger charge is -2.25. The van der Waals surface area contributed by atoms with Crippen LogP contribution in [0, 0.1) is 13.8 Å². The van der Waals surface area contributed by atoms with Crippen molar-refractivity contribution in [3.05, 3.63) is 65.1 Å². The van der Waals surface area contributed by atoms with Crippen LogP contribution in [0.3, 0.4) is 0 Å². The van der Waals surface area contributed by atoms with Crippen LogP contribution < -0.4 is 0 Å². The summed E-state index contributed by atoms with van der Waals surface area (Å²) in [6.45, 7) is 6.15. The fourth-order valence-corrected chi connectivity index (χ4v) is 2.84. The molecular weight excluding hydrogens is 286 g/mol. The summed E-state index contributed by atoms with van der Waals surface area (Å²) < 4.78 is 0. The minimum atomic E-state index is -0.00439. The zero-order valence-corrected chi connectivity index (χ0v) is 13.9. The SMILES string of the molecule is Cc1[nH]c2ccc(C(=O)N(C)C(C)c3ccncc3)cc2c1C. The Bertz CT molecular complexity index is 852. The van der Waals surface area contributed by atoms with Crippen molar-refractivity contribution >= 4 is 16.8 Å². The van der Waals surface area contributed by atoms with Gasteiger partial charge in [-0.05, 0) is 62.2 Å². The van der Waals surface area contributed by atoms with Gasteiger partial charge in [0.1, 0.15) is 0 Å². The highest BCUT2D eigenvalue weighted by Crippen LogP contribution is 2.25. The fraction of sp³-hybridized carbons (Fsp3) is 0.263. The summed E-state index contributed by atoms with van der Waals surface area (Å²) >= 11 is 0. The highest BCUT2D eigenvalue weighted by atomic mass is 16.2. The van der Waals surface area contributed by atoms with Crippen LogP contribution in [0.5, 0.6) is 0 Å². The Balaban J connectivity index is 1.92. The van der Waals surface area contributed by atoms with E-state index in [9.17, 15) is 4.79 Å². The summed E-state index contributed by atoms with van der Waals surface area (Å²) in [5.74, 6) is 0.0227. The Morgan fingerprint density at radius 3 is 2.57 bits per heavy atom. The summed E-state index contributed by atoms with van der Waals surface area (Å²) in [4.78, 5) is 22.0. The quantitative estimate of drug-likeness (QED) is 0.794. The Kier molecular flexibility index (Phi) is 3.90. The van der Waals surface area contributed by atoms with Gasteiger partial charge >= 0.3 is 0 Å². The van der Waals surface area contributed by atoms with Crippen molar-refractivity contribution in [3.8, 4) is 0 Å². The molecule has 1 amide bonds. The number of aromatic amines is 1. The number of H-pyrrole nitrogens is 1. The second kappa shape index (κ2) is 5.88. The van der Waals surface area contributed by atoms with Gasteiger partial charge in [0.25, 0.3) is 5.91 Å². The van der Waals surface area contributed by atoms with Crippen molar-refractivity contribution in [2.24, 2.45) is 0 Å². The number of pyridine rings is 1. The summed E-state index contributed by atoms with van der Waals surface area (Å²) in [6, 6.07) is 9.72. The van der Waals surface area contributed by atoms with E-state index in [4.69, 9.17) is 0 Å². The Morgan fingerprint density at radius 1 is 1.17 bits per heavy atom. The third kappa shape index (κ3) is 2.72. The van der Waals surface area contributed by atoms with Crippen LogP contribution in [0.25, 0.3) is 10.9 Å². The largest absolute Gasteiger partial charge is 0.358 e. The van der Waals surface area contributed by atoms with Gasteiger partial charge in [-0.2, -0.15) is 0 Å². The molecule has 0 aliphatic rings. The lowest BCUT2D eigenvalue weighted by Crippen LogP contribution is -2.29. The molecule has 0 spiro atoms. The molecule has 2 heterocycles. The van der Waals surface area contributed by atoms with Gasteiger partial charge in [0.2, 0.25) is 0 Å². The predicted molar refractivity (Wildman–Crippen MR) is 92.5 cm³/mol. The van der Waals surface area contributed by atoms with Crippen LogP contribution in [0.2, 0.25) is 0 Å². The maximum atomic E-state index is 12.8. The minimum absolute atomic E-state index is 0.00439. The molecule has 0 bridgehead atoms.